The van der Waals surface area contributed by atoms with Gasteiger partial charge in [-0.25, -0.2) is 0 Å². The first-order valence-electron chi connectivity index (χ1n) is 6.04. The maximum absolute atomic E-state index is 4.09. The van der Waals surface area contributed by atoms with Crippen molar-refractivity contribution in [1.82, 2.24) is 15.2 Å². The van der Waals surface area contributed by atoms with E-state index in [0.717, 1.165) is 5.92 Å². The first-order valence-corrected chi connectivity index (χ1v) is 6.04. The summed E-state index contributed by atoms with van der Waals surface area (Å²) in [5.74, 6) is 0.820. The van der Waals surface area contributed by atoms with E-state index in [4.69, 9.17) is 0 Å². The van der Waals surface area contributed by atoms with Gasteiger partial charge in [-0.15, -0.1) is 0 Å². The first-order chi connectivity index (χ1) is 7.77. The monoisotopic (exact) mass is 219 g/mol. The second-order valence-corrected chi connectivity index (χ2v) is 4.85. The van der Waals surface area contributed by atoms with Gasteiger partial charge in [0.15, 0.2) is 0 Å². The zero-order valence-corrected chi connectivity index (χ0v) is 10.2. The van der Waals surface area contributed by atoms with Gasteiger partial charge in [-0.3, -0.25) is 4.98 Å². The Morgan fingerprint density at radius 3 is 2.75 bits per heavy atom. The van der Waals surface area contributed by atoms with Gasteiger partial charge in [0.05, 0.1) is 0 Å². The Morgan fingerprint density at radius 2 is 2.19 bits per heavy atom. The van der Waals surface area contributed by atoms with Crippen molar-refractivity contribution in [3.63, 3.8) is 0 Å². The molecule has 3 heteroatoms. The Hall–Kier alpha value is -0.930. The molecule has 2 heterocycles. The fourth-order valence-corrected chi connectivity index (χ4v) is 2.46. The van der Waals surface area contributed by atoms with Crippen molar-refractivity contribution in [2.24, 2.45) is 5.92 Å². The summed E-state index contributed by atoms with van der Waals surface area (Å²) in [5.41, 5.74) is 1.38. The molecule has 1 aliphatic rings. The Bertz CT molecular complexity index is 304. The van der Waals surface area contributed by atoms with Gasteiger partial charge in [0.1, 0.15) is 0 Å². The fourth-order valence-electron chi connectivity index (χ4n) is 2.46. The van der Waals surface area contributed by atoms with E-state index in [1.54, 1.807) is 0 Å². The lowest BCUT2D eigenvalue weighted by atomic mass is 9.94. The summed E-state index contributed by atoms with van der Waals surface area (Å²) < 4.78 is 0. The smallest absolute Gasteiger partial charge is 0.0346 e. The fraction of sp³-hybridized carbons (Fsp3) is 0.615. The Kier molecular flexibility index (Phi) is 3.91. The molecular formula is C13H21N3. The van der Waals surface area contributed by atoms with Crippen LogP contribution in [-0.2, 0) is 0 Å². The van der Waals surface area contributed by atoms with Gasteiger partial charge >= 0.3 is 0 Å². The number of nitrogens with one attached hydrogen (secondary N) is 1. The molecule has 16 heavy (non-hydrogen) atoms. The zero-order chi connectivity index (χ0) is 11.4. The summed E-state index contributed by atoms with van der Waals surface area (Å²) >= 11 is 0. The highest BCUT2D eigenvalue weighted by atomic mass is 15.1. The van der Waals surface area contributed by atoms with Crippen LogP contribution in [-0.4, -0.2) is 37.1 Å². The van der Waals surface area contributed by atoms with Crippen LogP contribution in [0.5, 0.6) is 0 Å². The number of hydrogen-bond donors (Lipinski definition) is 1. The van der Waals surface area contributed by atoms with Crippen LogP contribution < -0.4 is 5.32 Å². The SMILES string of the molecule is CN(C)C(CC1CCNC1)c1ccncc1. The van der Waals surface area contributed by atoms with Crippen LogP contribution in [0.15, 0.2) is 24.5 Å². The number of rotatable bonds is 4. The van der Waals surface area contributed by atoms with Crippen LogP contribution in [0.1, 0.15) is 24.4 Å². The Balaban J connectivity index is 2.05. The minimum Gasteiger partial charge on any atom is -0.316 e. The van der Waals surface area contributed by atoms with Gasteiger partial charge in [0.2, 0.25) is 0 Å². The first kappa shape index (κ1) is 11.6. The van der Waals surface area contributed by atoms with E-state index < -0.39 is 0 Å². The van der Waals surface area contributed by atoms with E-state index in [1.807, 2.05) is 12.4 Å². The van der Waals surface area contributed by atoms with Crippen LogP contribution >= 0.6 is 0 Å². The van der Waals surface area contributed by atoms with E-state index in [0.29, 0.717) is 6.04 Å². The molecule has 1 saturated heterocycles. The maximum atomic E-state index is 4.09. The van der Waals surface area contributed by atoms with Crippen molar-refractivity contribution in [2.75, 3.05) is 27.2 Å². The molecule has 88 valence electrons. The van der Waals surface area contributed by atoms with E-state index in [1.165, 1.54) is 31.5 Å². The largest absolute Gasteiger partial charge is 0.316 e. The molecule has 2 atom stereocenters. The number of pyridine rings is 1. The second kappa shape index (κ2) is 5.41. The number of hydrogen-bond acceptors (Lipinski definition) is 3. The molecule has 0 aromatic carbocycles. The van der Waals surface area contributed by atoms with Crippen molar-refractivity contribution in [3.8, 4) is 0 Å². The summed E-state index contributed by atoms with van der Waals surface area (Å²) in [4.78, 5) is 6.40. The Labute approximate surface area is 97.9 Å². The second-order valence-electron chi connectivity index (χ2n) is 4.85. The molecule has 0 radical (unpaired) electrons. The molecule has 0 amide bonds. The zero-order valence-electron chi connectivity index (χ0n) is 10.2. The topological polar surface area (TPSA) is 28.2 Å². The number of nitrogens with zero attached hydrogens (tertiary/aromatic N) is 2. The van der Waals surface area contributed by atoms with Crippen LogP contribution in [0.4, 0.5) is 0 Å². The molecule has 2 rings (SSSR count). The molecule has 0 spiro atoms. The molecular weight excluding hydrogens is 198 g/mol. The average molecular weight is 219 g/mol. The van der Waals surface area contributed by atoms with E-state index in [9.17, 15) is 0 Å². The van der Waals surface area contributed by atoms with Crippen molar-refractivity contribution in [1.29, 1.82) is 0 Å². The molecule has 2 unspecified atom stereocenters. The predicted molar refractivity (Wildman–Crippen MR) is 66.3 cm³/mol. The lowest BCUT2D eigenvalue weighted by molar-refractivity contribution is 0.253. The standard InChI is InChI=1S/C13H21N3/c1-16(2)13(9-11-3-6-15-10-11)12-4-7-14-8-5-12/h4-5,7-8,11,13,15H,3,6,9-10H2,1-2H3. The molecule has 1 fully saturated rings. The van der Waals surface area contributed by atoms with Gasteiger partial charge in [-0.05, 0) is 63.6 Å². The molecule has 0 aliphatic carbocycles. The van der Waals surface area contributed by atoms with Gasteiger partial charge in [0.25, 0.3) is 0 Å². The average Bonchev–Trinajstić information content (AvgIpc) is 2.79. The van der Waals surface area contributed by atoms with Crippen molar-refractivity contribution in [3.05, 3.63) is 30.1 Å². The molecule has 1 N–H and O–H groups in total. The summed E-state index contributed by atoms with van der Waals surface area (Å²) in [6.45, 7) is 2.36. The normalized spacial score (nSPS) is 22.6. The van der Waals surface area contributed by atoms with Crippen LogP contribution in [0.2, 0.25) is 0 Å². The molecule has 1 aromatic heterocycles. The third-order valence-corrected chi connectivity index (χ3v) is 3.43. The maximum Gasteiger partial charge on any atom is 0.0346 e. The Morgan fingerprint density at radius 1 is 1.44 bits per heavy atom. The van der Waals surface area contributed by atoms with Crippen molar-refractivity contribution < 1.29 is 0 Å². The number of aromatic nitrogens is 1. The third-order valence-electron chi connectivity index (χ3n) is 3.43. The highest BCUT2D eigenvalue weighted by Gasteiger charge is 2.22. The van der Waals surface area contributed by atoms with Crippen LogP contribution in [0.25, 0.3) is 0 Å². The molecule has 3 nitrogen and oxygen atoms in total. The van der Waals surface area contributed by atoms with Crippen molar-refractivity contribution in [2.45, 2.75) is 18.9 Å². The molecule has 1 aromatic rings. The lowest BCUT2D eigenvalue weighted by Crippen LogP contribution is -2.23. The lowest BCUT2D eigenvalue weighted by Gasteiger charge is -2.27. The molecule has 1 aliphatic heterocycles. The van der Waals surface area contributed by atoms with E-state index in [-0.39, 0.29) is 0 Å². The van der Waals surface area contributed by atoms with Gasteiger partial charge in [-0.1, -0.05) is 0 Å². The minimum atomic E-state index is 0.521. The highest BCUT2D eigenvalue weighted by molar-refractivity contribution is 5.15. The van der Waals surface area contributed by atoms with Crippen LogP contribution in [0.3, 0.4) is 0 Å². The summed E-state index contributed by atoms with van der Waals surface area (Å²) in [7, 11) is 4.32. The van der Waals surface area contributed by atoms with Crippen molar-refractivity contribution >= 4 is 0 Å². The van der Waals surface area contributed by atoms with E-state index in [2.05, 4.69) is 41.4 Å². The minimum absolute atomic E-state index is 0.521. The molecule has 0 bridgehead atoms. The van der Waals surface area contributed by atoms with Crippen LogP contribution in [0, 0.1) is 5.92 Å². The van der Waals surface area contributed by atoms with Gasteiger partial charge in [-0.2, -0.15) is 0 Å². The highest BCUT2D eigenvalue weighted by Crippen LogP contribution is 2.27. The third kappa shape index (κ3) is 2.80. The summed E-state index contributed by atoms with van der Waals surface area (Å²) in [5, 5.41) is 3.44. The van der Waals surface area contributed by atoms with E-state index >= 15 is 0 Å². The summed E-state index contributed by atoms with van der Waals surface area (Å²) in [6, 6.07) is 4.79. The molecule has 0 saturated carbocycles. The van der Waals surface area contributed by atoms with Gasteiger partial charge in [0, 0.05) is 18.4 Å². The quantitative estimate of drug-likeness (QED) is 0.835. The van der Waals surface area contributed by atoms with Gasteiger partial charge < -0.3 is 10.2 Å². The predicted octanol–water partition coefficient (Wildman–Crippen LogP) is 1.68. The summed E-state index contributed by atoms with van der Waals surface area (Å²) in [6.07, 6.45) is 6.33.